The van der Waals surface area contributed by atoms with Crippen LogP contribution >= 0.6 is 0 Å². The number of rotatable bonds is 7. The Labute approximate surface area is 104 Å². The first kappa shape index (κ1) is 15.0. The van der Waals surface area contributed by atoms with Crippen LogP contribution in [0.1, 0.15) is 30.9 Å². The predicted octanol–water partition coefficient (Wildman–Crippen LogP) is 1.74. The van der Waals surface area contributed by atoms with E-state index in [1.54, 1.807) is 17.9 Å². The van der Waals surface area contributed by atoms with Crippen molar-refractivity contribution in [3.05, 3.63) is 18.0 Å². The molecule has 0 fully saturated rings. The Morgan fingerprint density at radius 3 is 2.72 bits per heavy atom. The highest BCUT2D eigenvalue weighted by Crippen LogP contribution is 2.21. The zero-order chi connectivity index (χ0) is 13.6. The highest BCUT2D eigenvalue weighted by atomic mass is 19.4. The molecule has 1 atom stereocenters. The average Bonchev–Trinajstić information content (AvgIpc) is 2.68. The molecule has 0 saturated carbocycles. The smallest absolute Gasteiger partial charge is 0.323 e. The minimum absolute atomic E-state index is 0.151. The van der Waals surface area contributed by atoms with Gasteiger partial charge in [0, 0.05) is 37.8 Å². The van der Waals surface area contributed by atoms with Gasteiger partial charge in [0.2, 0.25) is 0 Å². The van der Waals surface area contributed by atoms with Crippen molar-refractivity contribution >= 4 is 0 Å². The van der Waals surface area contributed by atoms with Gasteiger partial charge in [-0.05, 0) is 19.4 Å². The maximum Gasteiger partial charge on any atom is 0.389 e. The molecule has 1 heterocycles. The first-order valence-corrected chi connectivity index (χ1v) is 5.90. The number of aromatic nitrogens is 2. The quantitative estimate of drug-likeness (QED) is 0.738. The van der Waals surface area contributed by atoms with Gasteiger partial charge in [0.05, 0.1) is 6.20 Å². The summed E-state index contributed by atoms with van der Waals surface area (Å²) in [6.45, 7) is 1.09. The summed E-state index contributed by atoms with van der Waals surface area (Å²) in [7, 11) is 1.81. The molecule has 1 unspecified atom stereocenters. The van der Waals surface area contributed by atoms with Crippen molar-refractivity contribution in [2.75, 3.05) is 13.1 Å². The second-order valence-corrected chi connectivity index (χ2v) is 4.33. The molecule has 4 nitrogen and oxygen atoms in total. The largest absolute Gasteiger partial charge is 0.389 e. The molecule has 0 amide bonds. The summed E-state index contributed by atoms with van der Waals surface area (Å²) in [6, 6.07) is -0.179. The number of hydrogen-bond acceptors (Lipinski definition) is 3. The lowest BCUT2D eigenvalue weighted by atomic mass is 10.1. The minimum Gasteiger partial charge on any atom is -0.323 e. The van der Waals surface area contributed by atoms with Crippen LogP contribution in [0, 0.1) is 0 Å². The number of unbranched alkanes of at least 4 members (excludes halogenated alkanes) is 1. The standard InChI is InChI=1S/C11H19F3N4/c1-18-8-9(6-17-18)10(15)7-16-5-3-2-4-11(12,13)14/h6,8,10,16H,2-5,7,15H2,1H3. The lowest BCUT2D eigenvalue weighted by Crippen LogP contribution is -2.27. The van der Waals surface area contributed by atoms with Crippen molar-refractivity contribution in [2.24, 2.45) is 12.8 Å². The molecule has 0 saturated heterocycles. The van der Waals surface area contributed by atoms with Crippen molar-refractivity contribution in [1.82, 2.24) is 15.1 Å². The van der Waals surface area contributed by atoms with Crippen LogP contribution < -0.4 is 11.1 Å². The SMILES string of the molecule is Cn1cc(C(N)CNCCCCC(F)(F)F)cn1. The second-order valence-electron chi connectivity index (χ2n) is 4.33. The molecule has 0 aliphatic heterocycles. The minimum atomic E-state index is -4.05. The molecular weight excluding hydrogens is 245 g/mol. The molecule has 1 rings (SSSR count). The van der Waals surface area contributed by atoms with Gasteiger partial charge in [0.25, 0.3) is 0 Å². The summed E-state index contributed by atoms with van der Waals surface area (Å²) < 4.78 is 37.3. The summed E-state index contributed by atoms with van der Waals surface area (Å²) >= 11 is 0. The first-order valence-electron chi connectivity index (χ1n) is 5.90. The number of nitrogens with two attached hydrogens (primary N) is 1. The number of nitrogens with zero attached hydrogens (tertiary/aromatic N) is 2. The van der Waals surface area contributed by atoms with Gasteiger partial charge in [-0.2, -0.15) is 18.3 Å². The van der Waals surface area contributed by atoms with E-state index in [0.717, 1.165) is 5.56 Å². The number of aryl methyl sites for hydroxylation is 1. The summed E-state index contributed by atoms with van der Waals surface area (Å²) in [5.74, 6) is 0. The fourth-order valence-corrected chi connectivity index (χ4v) is 1.58. The number of alkyl halides is 3. The van der Waals surface area contributed by atoms with Crippen LogP contribution in [0.5, 0.6) is 0 Å². The second kappa shape index (κ2) is 6.75. The molecule has 0 aliphatic rings. The summed E-state index contributed by atoms with van der Waals surface area (Å²) in [5, 5.41) is 7.06. The number of hydrogen-bond donors (Lipinski definition) is 2. The van der Waals surface area contributed by atoms with Crippen LogP contribution in [0.2, 0.25) is 0 Å². The van der Waals surface area contributed by atoms with E-state index in [1.807, 2.05) is 6.20 Å². The van der Waals surface area contributed by atoms with Gasteiger partial charge in [0.1, 0.15) is 0 Å². The van der Waals surface area contributed by atoms with E-state index in [2.05, 4.69) is 10.4 Å². The molecule has 0 spiro atoms. The van der Waals surface area contributed by atoms with Gasteiger partial charge in [-0.1, -0.05) is 0 Å². The third-order valence-corrected chi connectivity index (χ3v) is 2.58. The molecule has 3 N–H and O–H groups in total. The molecule has 18 heavy (non-hydrogen) atoms. The average molecular weight is 264 g/mol. The number of nitrogens with one attached hydrogen (secondary N) is 1. The Bertz CT molecular complexity index is 348. The Morgan fingerprint density at radius 2 is 2.17 bits per heavy atom. The lowest BCUT2D eigenvalue weighted by molar-refractivity contribution is -0.135. The predicted molar refractivity (Wildman–Crippen MR) is 62.9 cm³/mol. The van der Waals surface area contributed by atoms with Crippen molar-refractivity contribution in [3.8, 4) is 0 Å². The Hall–Kier alpha value is -1.08. The Balaban J connectivity index is 2.08. The highest BCUT2D eigenvalue weighted by molar-refractivity contribution is 5.09. The van der Waals surface area contributed by atoms with E-state index < -0.39 is 12.6 Å². The van der Waals surface area contributed by atoms with Crippen LogP contribution in [-0.4, -0.2) is 29.0 Å². The fraction of sp³-hybridized carbons (Fsp3) is 0.727. The van der Waals surface area contributed by atoms with Crippen molar-refractivity contribution in [2.45, 2.75) is 31.5 Å². The zero-order valence-electron chi connectivity index (χ0n) is 10.4. The van der Waals surface area contributed by atoms with Crippen LogP contribution in [0.15, 0.2) is 12.4 Å². The molecule has 7 heteroatoms. The molecule has 0 bridgehead atoms. The molecular formula is C11H19F3N4. The topological polar surface area (TPSA) is 55.9 Å². The molecule has 0 radical (unpaired) electrons. The van der Waals surface area contributed by atoms with E-state index in [9.17, 15) is 13.2 Å². The third-order valence-electron chi connectivity index (χ3n) is 2.58. The third kappa shape index (κ3) is 6.02. The van der Waals surface area contributed by atoms with E-state index in [-0.39, 0.29) is 12.5 Å². The van der Waals surface area contributed by atoms with E-state index in [0.29, 0.717) is 19.5 Å². The first-order chi connectivity index (χ1) is 8.38. The maximum atomic E-state index is 11.9. The molecule has 1 aromatic heterocycles. The van der Waals surface area contributed by atoms with Gasteiger partial charge < -0.3 is 11.1 Å². The Morgan fingerprint density at radius 1 is 1.44 bits per heavy atom. The maximum absolute atomic E-state index is 11.9. The van der Waals surface area contributed by atoms with E-state index in [4.69, 9.17) is 5.73 Å². The molecule has 0 aliphatic carbocycles. The van der Waals surface area contributed by atoms with Gasteiger partial charge in [0.15, 0.2) is 0 Å². The van der Waals surface area contributed by atoms with Gasteiger partial charge >= 0.3 is 6.18 Å². The summed E-state index contributed by atoms with van der Waals surface area (Å²) in [5.41, 5.74) is 6.81. The fourth-order valence-electron chi connectivity index (χ4n) is 1.58. The monoisotopic (exact) mass is 264 g/mol. The van der Waals surface area contributed by atoms with Crippen LogP contribution in [-0.2, 0) is 7.05 Å². The van der Waals surface area contributed by atoms with Crippen LogP contribution in [0.4, 0.5) is 13.2 Å². The molecule has 104 valence electrons. The Kier molecular flexibility index (Phi) is 5.61. The normalized spacial score (nSPS) is 13.8. The summed E-state index contributed by atoms with van der Waals surface area (Å²) in [4.78, 5) is 0. The van der Waals surface area contributed by atoms with Crippen LogP contribution in [0.3, 0.4) is 0 Å². The number of halogens is 3. The van der Waals surface area contributed by atoms with Crippen molar-refractivity contribution in [3.63, 3.8) is 0 Å². The van der Waals surface area contributed by atoms with E-state index in [1.165, 1.54) is 0 Å². The molecule has 1 aromatic rings. The highest BCUT2D eigenvalue weighted by Gasteiger charge is 2.25. The zero-order valence-corrected chi connectivity index (χ0v) is 10.4. The van der Waals surface area contributed by atoms with Crippen molar-refractivity contribution in [1.29, 1.82) is 0 Å². The lowest BCUT2D eigenvalue weighted by Gasteiger charge is -2.11. The molecule has 0 aromatic carbocycles. The summed E-state index contributed by atoms with van der Waals surface area (Å²) in [6.07, 6.45) is -0.598. The van der Waals surface area contributed by atoms with Crippen LogP contribution in [0.25, 0.3) is 0 Å². The van der Waals surface area contributed by atoms with Gasteiger partial charge in [-0.3, -0.25) is 4.68 Å². The van der Waals surface area contributed by atoms with Crippen molar-refractivity contribution < 1.29 is 13.2 Å². The van der Waals surface area contributed by atoms with E-state index >= 15 is 0 Å². The van der Waals surface area contributed by atoms with Gasteiger partial charge in [-0.15, -0.1) is 0 Å². The van der Waals surface area contributed by atoms with Gasteiger partial charge in [-0.25, -0.2) is 0 Å².